The van der Waals surface area contributed by atoms with Crippen LogP contribution in [0.5, 0.6) is 5.88 Å². The Morgan fingerprint density at radius 3 is 3.04 bits per heavy atom. The third-order valence-electron chi connectivity index (χ3n) is 5.01. The molecule has 146 valence electrons. The van der Waals surface area contributed by atoms with Crippen LogP contribution in [0.1, 0.15) is 49.3 Å². The van der Waals surface area contributed by atoms with Gasteiger partial charge in [0.2, 0.25) is 5.88 Å². The molecule has 4 rings (SSSR count). The maximum atomic E-state index is 12.0. The molecular formula is C19H22N6O3. The molecule has 1 aliphatic heterocycles. The molecule has 1 amide bonds. The Morgan fingerprint density at radius 2 is 2.14 bits per heavy atom. The minimum atomic E-state index is -0.374. The number of H-pyrrole nitrogens is 1. The van der Waals surface area contributed by atoms with Gasteiger partial charge < -0.3 is 20.1 Å². The Hall–Kier alpha value is -3.28. The van der Waals surface area contributed by atoms with E-state index in [2.05, 4.69) is 31.9 Å². The van der Waals surface area contributed by atoms with Crippen LogP contribution < -0.4 is 15.4 Å². The number of nitrogens with zero attached hydrogens (tertiary/aromatic N) is 3. The smallest absolute Gasteiger partial charge is 0.407 e. The van der Waals surface area contributed by atoms with Crippen LogP contribution in [0, 0.1) is 11.3 Å². The van der Waals surface area contributed by atoms with Gasteiger partial charge in [-0.2, -0.15) is 15.3 Å². The van der Waals surface area contributed by atoms with Crippen LogP contribution in [0.25, 0.3) is 0 Å². The standard InChI is InChI=1S/C19H22N6O3/c20-11-13-4-6-16-22-17-10-15(24-25-17)12-3-5-14(9-12)28-19(26)21-7-1-2-8-27-18(13)23-16/h4,6,10,12,14H,1-3,5,7-9H2,(H,21,26)(H2,22,23,24,25)/t12-,14+/m0/s1. The van der Waals surface area contributed by atoms with Gasteiger partial charge in [-0.25, -0.2) is 4.79 Å². The van der Waals surface area contributed by atoms with Crippen LogP contribution in [0.2, 0.25) is 0 Å². The summed E-state index contributed by atoms with van der Waals surface area (Å²) in [6, 6.07) is 7.44. The van der Waals surface area contributed by atoms with Crippen LogP contribution in [-0.4, -0.2) is 40.5 Å². The van der Waals surface area contributed by atoms with Crippen molar-refractivity contribution in [3.63, 3.8) is 0 Å². The van der Waals surface area contributed by atoms with E-state index < -0.39 is 0 Å². The number of carbonyl (C=O) groups is 1. The number of alkyl carbamates (subject to hydrolysis) is 1. The fourth-order valence-corrected chi connectivity index (χ4v) is 3.56. The van der Waals surface area contributed by atoms with Crippen molar-refractivity contribution < 1.29 is 14.3 Å². The third kappa shape index (κ3) is 4.17. The second-order valence-electron chi connectivity index (χ2n) is 7.01. The Bertz CT molecular complexity index is 890. The van der Waals surface area contributed by atoms with Gasteiger partial charge >= 0.3 is 6.09 Å². The van der Waals surface area contributed by atoms with Crippen molar-refractivity contribution in [2.75, 3.05) is 18.5 Å². The summed E-state index contributed by atoms with van der Waals surface area (Å²) in [5.41, 5.74) is 1.38. The van der Waals surface area contributed by atoms with E-state index in [-0.39, 0.29) is 24.0 Å². The van der Waals surface area contributed by atoms with Crippen molar-refractivity contribution >= 4 is 17.7 Å². The Balaban J connectivity index is 1.55. The molecule has 1 fully saturated rings. The number of fused-ring (bicyclic) bond motifs is 7. The number of aromatic amines is 1. The molecule has 2 aromatic rings. The predicted octanol–water partition coefficient (Wildman–Crippen LogP) is 2.95. The molecule has 9 heteroatoms. The number of hydrogen-bond acceptors (Lipinski definition) is 7. The first-order valence-electron chi connectivity index (χ1n) is 9.52. The minimum absolute atomic E-state index is 0.0744. The van der Waals surface area contributed by atoms with E-state index in [4.69, 9.17) is 9.47 Å². The zero-order valence-electron chi connectivity index (χ0n) is 15.4. The van der Waals surface area contributed by atoms with E-state index in [1.807, 2.05) is 6.07 Å². The van der Waals surface area contributed by atoms with Crippen LogP contribution in [0.3, 0.4) is 0 Å². The molecule has 6 bridgehead atoms. The first kappa shape index (κ1) is 18.1. The zero-order valence-corrected chi connectivity index (χ0v) is 15.4. The zero-order chi connectivity index (χ0) is 19.3. The minimum Gasteiger partial charge on any atom is -0.477 e. The predicted molar refractivity (Wildman–Crippen MR) is 100 cm³/mol. The second kappa shape index (κ2) is 8.17. The maximum absolute atomic E-state index is 12.0. The molecular weight excluding hydrogens is 360 g/mol. The van der Waals surface area contributed by atoms with Crippen molar-refractivity contribution in [2.45, 2.75) is 44.1 Å². The third-order valence-corrected chi connectivity index (χ3v) is 5.01. The average molecular weight is 382 g/mol. The lowest BCUT2D eigenvalue weighted by molar-refractivity contribution is 0.0999. The molecule has 0 unspecified atom stereocenters. The number of anilines is 2. The first-order valence-corrected chi connectivity index (χ1v) is 9.52. The second-order valence-corrected chi connectivity index (χ2v) is 7.01. The van der Waals surface area contributed by atoms with E-state index in [0.717, 1.165) is 37.8 Å². The molecule has 0 saturated heterocycles. The fraction of sp³-hybridized carbons (Fsp3) is 0.474. The molecule has 2 aliphatic rings. The maximum Gasteiger partial charge on any atom is 0.407 e. The van der Waals surface area contributed by atoms with Crippen molar-refractivity contribution in [3.05, 3.63) is 29.5 Å². The number of carbonyl (C=O) groups excluding carboxylic acids is 1. The van der Waals surface area contributed by atoms with E-state index in [0.29, 0.717) is 30.4 Å². The van der Waals surface area contributed by atoms with Gasteiger partial charge in [0.05, 0.1) is 6.61 Å². The van der Waals surface area contributed by atoms with Crippen LogP contribution in [-0.2, 0) is 4.74 Å². The van der Waals surface area contributed by atoms with Gasteiger partial charge in [0.1, 0.15) is 23.6 Å². The molecule has 3 heterocycles. The van der Waals surface area contributed by atoms with Gasteiger partial charge in [0, 0.05) is 24.2 Å². The molecule has 3 N–H and O–H groups in total. The van der Waals surface area contributed by atoms with Crippen molar-refractivity contribution in [3.8, 4) is 11.9 Å². The van der Waals surface area contributed by atoms with Gasteiger partial charge in [0.25, 0.3) is 0 Å². The van der Waals surface area contributed by atoms with Gasteiger partial charge in [-0.1, -0.05) is 0 Å². The first-order chi connectivity index (χ1) is 13.7. The highest BCUT2D eigenvalue weighted by Gasteiger charge is 2.30. The number of aromatic nitrogens is 3. The van der Waals surface area contributed by atoms with Gasteiger partial charge in [-0.3, -0.25) is 5.10 Å². The molecule has 2 aromatic heterocycles. The number of ether oxygens (including phenoxy) is 2. The lowest BCUT2D eigenvalue weighted by Gasteiger charge is -2.13. The summed E-state index contributed by atoms with van der Waals surface area (Å²) in [7, 11) is 0. The quantitative estimate of drug-likeness (QED) is 0.639. The molecule has 1 saturated carbocycles. The summed E-state index contributed by atoms with van der Waals surface area (Å²) in [4.78, 5) is 16.4. The number of nitriles is 1. The molecule has 0 spiro atoms. The summed E-state index contributed by atoms with van der Waals surface area (Å²) >= 11 is 0. The number of hydrogen-bond donors (Lipinski definition) is 3. The van der Waals surface area contributed by atoms with Gasteiger partial charge in [0.15, 0.2) is 5.82 Å². The van der Waals surface area contributed by atoms with Crippen LogP contribution in [0.4, 0.5) is 16.4 Å². The van der Waals surface area contributed by atoms with E-state index >= 15 is 0 Å². The van der Waals surface area contributed by atoms with Crippen molar-refractivity contribution in [1.29, 1.82) is 5.26 Å². The molecule has 9 nitrogen and oxygen atoms in total. The lowest BCUT2D eigenvalue weighted by atomic mass is 10.0. The van der Waals surface area contributed by atoms with E-state index in [1.54, 1.807) is 12.1 Å². The van der Waals surface area contributed by atoms with E-state index in [1.165, 1.54) is 0 Å². The summed E-state index contributed by atoms with van der Waals surface area (Å²) in [5, 5.41) is 22.6. The average Bonchev–Trinajstić information content (AvgIpc) is 3.33. The van der Waals surface area contributed by atoms with E-state index in [9.17, 15) is 10.1 Å². The lowest BCUT2D eigenvalue weighted by Crippen LogP contribution is -2.29. The number of amides is 1. The van der Waals surface area contributed by atoms with Gasteiger partial charge in [-0.05, 0) is 44.2 Å². The highest BCUT2D eigenvalue weighted by Crippen LogP contribution is 2.36. The summed E-state index contributed by atoms with van der Waals surface area (Å²) in [5.74, 6) is 1.76. The number of nitrogens with one attached hydrogen (secondary N) is 3. The Labute approximate surface area is 162 Å². The molecule has 1 aliphatic carbocycles. The topological polar surface area (TPSA) is 125 Å². The summed E-state index contributed by atoms with van der Waals surface area (Å²) < 4.78 is 11.2. The SMILES string of the molecule is N#Cc1ccc2nc1OCCCCNC(=O)O[C@@H]1CC[C@@H](C1)c1cc(n[nH]1)N2. The van der Waals surface area contributed by atoms with Crippen molar-refractivity contribution in [2.24, 2.45) is 0 Å². The highest BCUT2D eigenvalue weighted by atomic mass is 16.6. The Morgan fingerprint density at radius 1 is 1.21 bits per heavy atom. The normalized spacial score (nSPS) is 22.5. The van der Waals surface area contributed by atoms with Crippen LogP contribution >= 0.6 is 0 Å². The molecule has 0 radical (unpaired) electrons. The summed E-state index contributed by atoms with van der Waals surface area (Å²) in [6.07, 6.45) is 3.58. The number of rotatable bonds is 0. The number of pyridine rings is 1. The molecule has 28 heavy (non-hydrogen) atoms. The molecule has 2 atom stereocenters. The fourth-order valence-electron chi connectivity index (χ4n) is 3.56. The highest BCUT2D eigenvalue weighted by molar-refractivity contribution is 5.67. The van der Waals surface area contributed by atoms with Crippen LogP contribution in [0.15, 0.2) is 18.2 Å². The van der Waals surface area contributed by atoms with Gasteiger partial charge in [-0.15, -0.1) is 0 Å². The largest absolute Gasteiger partial charge is 0.477 e. The summed E-state index contributed by atoms with van der Waals surface area (Å²) in [6.45, 7) is 0.918. The molecule has 0 aromatic carbocycles. The van der Waals surface area contributed by atoms with Crippen molar-refractivity contribution in [1.82, 2.24) is 20.5 Å². The monoisotopic (exact) mass is 382 g/mol. The Kier molecular flexibility index (Phi) is 5.28.